The number of rotatable bonds is 7. The zero-order valence-corrected chi connectivity index (χ0v) is 21.2. The molecule has 13 heteroatoms. The number of hydrogen-bond donors (Lipinski definition) is 3. The Morgan fingerprint density at radius 2 is 1.85 bits per heavy atom. The molecule has 3 N–H and O–H groups in total. The summed E-state index contributed by atoms with van der Waals surface area (Å²) in [6.07, 6.45) is -3.36. The van der Waals surface area contributed by atoms with Gasteiger partial charge in [0.15, 0.2) is 11.3 Å². The third kappa shape index (κ3) is 5.69. The van der Waals surface area contributed by atoms with Gasteiger partial charge in [0.05, 0.1) is 35.1 Å². The molecule has 10 nitrogen and oxygen atoms in total. The molecule has 0 aliphatic rings. The topological polar surface area (TPSA) is 137 Å². The van der Waals surface area contributed by atoms with Gasteiger partial charge >= 0.3 is 12.2 Å². The molecule has 0 unspecified atom stereocenters. The SMILES string of the molecule is CCCc1nc(C)c2c(=O)[nH]c(-c3cc(NC(=O)Nc4ccc(C#N)c(C(F)(F)F)c4)ccc3OCC)nn12. The van der Waals surface area contributed by atoms with E-state index in [-0.39, 0.29) is 17.2 Å². The molecule has 4 aromatic rings. The van der Waals surface area contributed by atoms with Gasteiger partial charge in [0.2, 0.25) is 0 Å². The van der Waals surface area contributed by atoms with Crippen molar-refractivity contribution in [2.75, 3.05) is 17.2 Å². The number of imidazole rings is 1. The highest BCUT2D eigenvalue weighted by molar-refractivity contribution is 6.00. The molecule has 202 valence electrons. The lowest BCUT2D eigenvalue weighted by Gasteiger charge is -2.14. The fourth-order valence-electron chi connectivity index (χ4n) is 4.06. The van der Waals surface area contributed by atoms with E-state index in [1.807, 2.05) is 6.92 Å². The normalized spacial score (nSPS) is 11.3. The number of benzene rings is 2. The van der Waals surface area contributed by atoms with E-state index >= 15 is 0 Å². The second kappa shape index (κ2) is 10.9. The number of nitrogens with zero attached hydrogens (tertiary/aromatic N) is 4. The van der Waals surface area contributed by atoms with E-state index in [0.29, 0.717) is 47.4 Å². The first-order chi connectivity index (χ1) is 18.5. The van der Waals surface area contributed by atoms with Crippen LogP contribution in [0.2, 0.25) is 0 Å². The minimum atomic E-state index is -4.76. The number of H-pyrrole nitrogens is 1. The van der Waals surface area contributed by atoms with E-state index in [1.54, 1.807) is 19.9 Å². The summed E-state index contributed by atoms with van der Waals surface area (Å²) in [5.74, 6) is 1.20. The van der Waals surface area contributed by atoms with E-state index in [2.05, 4.69) is 25.7 Å². The Labute approximate surface area is 220 Å². The minimum Gasteiger partial charge on any atom is -0.493 e. The van der Waals surface area contributed by atoms with Crippen LogP contribution >= 0.6 is 0 Å². The monoisotopic (exact) mass is 539 g/mol. The van der Waals surface area contributed by atoms with Crippen molar-refractivity contribution in [1.29, 1.82) is 5.26 Å². The number of urea groups is 1. The standard InChI is InChI=1S/C26H24F3N7O3/c1-4-6-21-31-14(3)22-24(37)34-23(35-36(21)22)18-11-16(9-10-20(18)39-5-2)32-25(38)33-17-8-7-15(13-30)19(12-17)26(27,28)29/h7-12H,4-6H2,1-3H3,(H2,32,33,38)(H,34,35,37). The Kier molecular flexibility index (Phi) is 7.57. The van der Waals surface area contributed by atoms with Gasteiger partial charge in [-0.15, -0.1) is 5.10 Å². The molecular formula is C26H24F3N7O3. The Bertz CT molecular complexity index is 1650. The number of aromatic amines is 1. The summed E-state index contributed by atoms with van der Waals surface area (Å²) in [6, 6.07) is 8.17. The average Bonchev–Trinajstić information content (AvgIpc) is 3.20. The van der Waals surface area contributed by atoms with Crippen LogP contribution in [0.4, 0.5) is 29.3 Å². The summed E-state index contributed by atoms with van der Waals surface area (Å²) in [5.41, 5.74) is -0.754. The molecule has 0 radical (unpaired) electrons. The minimum absolute atomic E-state index is 0.152. The number of nitrogens with one attached hydrogen (secondary N) is 3. The fraction of sp³-hybridized carbons (Fsp3) is 0.269. The van der Waals surface area contributed by atoms with E-state index in [1.165, 1.54) is 28.8 Å². The van der Waals surface area contributed by atoms with Gasteiger partial charge in [-0.2, -0.15) is 18.4 Å². The van der Waals surface area contributed by atoms with Crippen LogP contribution in [0.5, 0.6) is 5.75 Å². The van der Waals surface area contributed by atoms with E-state index in [0.717, 1.165) is 12.5 Å². The number of carbonyl (C=O) groups is 1. The molecule has 2 aromatic carbocycles. The summed E-state index contributed by atoms with van der Waals surface area (Å²) in [6.45, 7) is 5.82. The fourth-order valence-corrected chi connectivity index (χ4v) is 4.06. The maximum absolute atomic E-state index is 13.3. The van der Waals surface area contributed by atoms with Crippen LogP contribution in [0.1, 0.15) is 42.9 Å². The summed E-state index contributed by atoms with van der Waals surface area (Å²) in [5, 5.41) is 18.4. The third-order valence-electron chi connectivity index (χ3n) is 5.71. The highest BCUT2D eigenvalue weighted by Crippen LogP contribution is 2.34. The Morgan fingerprint density at radius 1 is 1.15 bits per heavy atom. The lowest BCUT2D eigenvalue weighted by Crippen LogP contribution is -2.20. The van der Waals surface area contributed by atoms with Gasteiger partial charge in [-0.05, 0) is 56.7 Å². The van der Waals surface area contributed by atoms with Crippen molar-refractivity contribution < 1.29 is 22.7 Å². The number of nitriles is 1. The van der Waals surface area contributed by atoms with E-state index < -0.39 is 28.9 Å². The first-order valence-corrected chi connectivity index (χ1v) is 12.0. The van der Waals surface area contributed by atoms with Crippen molar-refractivity contribution in [1.82, 2.24) is 19.6 Å². The van der Waals surface area contributed by atoms with E-state index in [9.17, 15) is 22.8 Å². The van der Waals surface area contributed by atoms with Gasteiger partial charge in [0.1, 0.15) is 11.6 Å². The van der Waals surface area contributed by atoms with Gasteiger partial charge < -0.3 is 20.4 Å². The van der Waals surface area contributed by atoms with Crippen molar-refractivity contribution in [2.24, 2.45) is 0 Å². The van der Waals surface area contributed by atoms with Gasteiger partial charge in [-0.3, -0.25) is 4.79 Å². The summed E-state index contributed by atoms with van der Waals surface area (Å²) in [7, 11) is 0. The molecule has 0 bridgehead atoms. The maximum atomic E-state index is 13.3. The first-order valence-electron chi connectivity index (χ1n) is 12.0. The molecule has 0 aliphatic heterocycles. The summed E-state index contributed by atoms with van der Waals surface area (Å²) in [4.78, 5) is 32.7. The number of halogens is 3. The second-order valence-corrected chi connectivity index (χ2v) is 8.52. The van der Waals surface area contributed by atoms with Crippen LogP contribution in [-0.4, -0.2) is 32.2 Å². The number of hydrogen-bond acceptors (Lipinski definition) is 6. The Balaban J connectivity index is 1.67. The molecule has 2 amide bonds. The van der Waals surface area contributed by atoms with Crippen LogP contribution in [0.25, 0.3) is 16.9 Å². The number of anilines is 2. The molecule has 39 heavy (non-hydrogen) atoms. The molecule has 0 fully saturated rings. The van der Waals surface area contributed by atoms with Crippen LogP contribution in [0.15, 0.2) is 41.2 Å². The number of aryl methyl sites for hydroxylation is 2. The summed E-state index contributed by atoms with van der Waals surface area (Å²) < 4.78 is 47.0. The van der Waals surface area contributed by atoms with Crippen molar-refractivity contribution in [3.8, 4) is 23.2 Å². The highest BCUT2D eigenvalue weighted by atomic mass is 19.4. The lowest BCUT2D eigenvalue weighted by atomic mass is 10.1. The van der Waals surface area contributed by atoms with Crippen molar-refractivity contribution in [3.63, 3.8) is 0 Å². The number of carbonyl (C=O) groups excluding carboxylic acids is 1. The van der Waals surface area contributed by atoms with Crippen LogP contribution in [0, 0.1) is 18.3 Å². The zero-order chi connectivity index (χ0) is 28.3. The van der Waals surface area contributed by atoms with Crippen molar-refractivity contribution in [3.05, 3.63) is 69.4 Å². The van der Waals surface area contributed by atoms with Crippen molar-refractivity contribution >= 4 is 22.9 Å². The molecule has 0 aliphatic carbocycles. The molecular weight excluding hydrogens is 515 g/mol. The second-order valence-electron chi connectivity index (χ2n) is 8.52. The van der Waals surface area contributed by atoms with Gasteiger partial charge in [0, 0.05) is 17.8 Å². The number of aromatic nitrogens is 4. The number of amides is 2. The van der Waals surface area contributed by atoms with E-state index in [4.69, 9.17) is 10.00 Å². The highest BCUT2D eigenvalue weighted by Gasteiger charge is 2.34. The molecule has 2 aromatic heterocycles. The molecule has 0 saturated carbocycles. The largest absolute Gasteiger partial charge is 0.493 e. The maximum Gasteiger partial charge on any atom is 0.417 e. The first kappa shape index (κ1) is 27.2. The molecule has 2 heterocycles. The van der Waals surface area contributed by atoms with Gasteiger partial charge in [0.25, 0.3) is 5.56 Å². The van der Waals surface area contributed by atoms with Crippen LogP contribution < -0.4 is 20.9 Å². The number of ether oxygens (including phenoxy) is 1. The molecule has 4 rings (SSSR count). The van der Waals surface area contributed by atoms with Crippen molar-refractivity contribution in [2.45, 2.75) is 39.8 Å². The Morgan fingerprint density at radius 3 is 2.49 bits per heavy atom. The molecule has 0 atom stereocenters. The third-order valence-corrected chi connectivity index (χ3v) is 5.71. The Hall–Kier alpha value is -4.86. The quantitative estimate of drug-likeness (QED) is 0.292. The van der Waals surface area contributed by atoms with Crippen LogP contribution in [0.3, 0.4) is 0 Å². The van der Waals surface area contributed by atoms with Crippen LogP contribution in [-0.2, 0) is 12.6 Å². The number of alkyl halides is 3. The molecule has 0 saturated heterocycles. The predicted molar refractivity (Wildman–Crippen MR) is 138 cm³/mol. The van der Waals surface area contributed by atoms with Gasteiger partial charge in [-0.1, -0.05) is 6.92 Å². The average molecular weight is 540 g/mol. The van der Waals surface area contributed by atoms with Gasteiger partial charge in [-0.25, -0.2) is 14.3 Å². The lowest BCUT2D eigenvalue weighted by molar-refractivity contribution is -0.137. The molecule has 0 spiro atoms. The summed E-state index contributed by atoms with van der Waals surface area (Å²) >= 11 is 0. The smallest absolute Gasteiger partial charge is 0.417 e. The zero-order valence-electron chi connectivity index (χ0n) is 21.2. The predicted octanol–water partition coefficient (Wildman–Crippen LogP) is 5.28. The number of fused-ring (bicyclic) bond motifs is 1.